The summed E-state index contributed by atoms with van der Waals surface area (Å²) in [5.74, 6) is 1.35. The zero-order valence-electron chi connectivity index (χ0n) is 15.9. The Balaban J connectivity index is 2.14. The third-order valence-electron chi connectivity index (χ3n) is 4.36. The number of hydrogen-bond acceptors (Lipinski definition) is 2. The Morgan fingerprint density at radius 2 is 1.64 bits per heavy atom. The Labute approximate surface area is 156 Å². The zero-order chi connectivity index (χ0) is 18.6. The SMILES string of the molecule is COc1cc(C)c([C@H](C)NC(=S)Nc2ccc(C)cc2)cc1C(C)C. The van der Waals surface area contributed by atoms with Crippen molar-refractivity contribution in [2.24, 2.45) is 0 Å². The molecule has 0 radical (unpaired) electrons. The standard InChI is InChI=1S/C21H28N2OS/c1-13(2)18-12-19(15(4)11-20(18)24-6)16(5)22-21(25)23-17-9-7-14(3)8-10-17/h7-13,16H,1-6H3,(H2,22,23,25)/t16-/m0/s1. The van der Waals surface area contributed by atoms with Crippen LogP contribution in [0.1, 0.15) is 55.0 Å². The average molecular weight is 357 g/mol. The van der Waals surface area contributed by atoms with Gasteiger partial charge in [-0.05, 0) is 79.9 Å². The Morgan fingerprint density at radius 3 is 2.20 bits per heavy atom. The highest BCUT2D eigenvalue weighted by Crippen LogP contribution is 2.32. The van der Waals surface area contributed by atoms with Crippen LogP contribution in [0.3, 0.4) is 0 Å². The summed E-state index contributed by atoms with van der Waals surface area (Å²) >= 11 is 5.47. The molecule has 0 fully saturated rings. The van der Waals surface area contributed by atoms with Crippen LogP contribution in [0.4, 0.5) is 5.69 Å². The number of anilines is 1. The van der Waals surface area contributed by atoms with Gasteiger partial charge >= 0.3 is 0 Å². The molecule has 2 aromatic rings. The molecule has 2 rings (SSSR count). The first-order valence-corrected chi connectivity index (χ1v) is 9.05. The Morgan fingerprint density at radius 1 is 1.00 bits per heavy atom. The molecule has 0 spiro atoms. The number of benzene rings is 2. The monoisotopic (exact) mass is 356 g/mol. The number of rotatable bonds is 5. The number of thiocarbonyl (C=S) groups is 1. The largest absolute Gasteiger partial charge is 0.496 e. The maximum absolute atomic E-state index is 5.53. The van der Waals surface area contributed by atoms with E-state index in [4.69, 9.17) is 17.0 Å². The Hall–Kier alpha value is -2.07. The van der Waals surface area contributed by atoms with E-state index in [1.807, 2.05) is 12.1 Å². The first kappa shape index (κ1) is 19.3. The van der Waals surface area contributed by atoms with Crippen molar-refractivity contribution in [3.8, 4) is 5.75 Å². The Bertz CT molecular complexity index is 738. The highest BCUT2D eigenvalue weighted by Gasteiger charge is 2.16. The summed E-state index contributed by atoms with van der Waals surface area (Å²) < 4.78 is 5.53. The fourth-order valence-corrected chi connectivity index (χ4v) is 3.18. The van der Waals surface area contributed by atoms with Crippen molar-refractivity contribution in [2.45, 2.75) is 46.6 Å². The fraction of sp³-hybridized carbons (Fsp3) is 0.381. The lowest BCUT2D eigenvalue weighted by atomic mass is 9.93. The molecule has 4 heteroatoms. The molecule has 2 aromatic carbocycles. The van der Waals surface area contributed by atoms with Gasteiger partial charge in [-0.25, -0.2) is 0 Å². The minimum Gasteiger partial charge on any atom is -0.496 e. The molecule has 0 aliphatic rings. The minimum absolute atomic E-state index is 0.105. The molecule has 0 amide bonds. The number of hydrogen-bond donors (Lipinski definition) is 2. The van der Waals surface area contributed by atoms with Gasteiger partial charge in [0.15, 0.2) is 5.11 Å². The molecular formula is C21H28N2OS. The van der Waals surface area contributed by atoms with Gasteiger partial charge in [-0.3, -0.25) is 0 Å². The smallest absolute Gasteiger partial charge is 0.171 e. The second-order valence-corrected chi connectivity index (χ2v) is 7.20. The van der Waals surface area contributed by atoms with Crippen molar-refractivity contribution in [3.63, 3.8) is 0 Å². The number of methoxy groups -OCH3 is 1. The molecule has 0 heterocycles. The van der Waals surface area contributed by atoms with Crippen LogP contribution < -0.4 is 15.4 Å². The second-order valence-electron chi connectivity index (χ2n) is 6.79. The molecule has 0 aliphatic carbocycles. The molecule has 2 N–H and O–H groups in total. The van der Waals surface area contributed by atoms with E-state index in [-0.39, 0.29) is 6.04 Å². The van der Waals surface area contributed by atoms with Crippen molar-refractivity contribution in [3.05, 3.63) is 58.7 Å². The molecule has 3 nitrogen and oxygen atoms in total. The molecule has 0 saturated carbocycles. The number of aryl methyl sites for hydroxylation is 2. The highest BCUT2D eigenvalue weighted by atomic mass is 32.1. The van der Waals surface area contributed by atoms with Crippen LogP contribution >= 0.6 is 12.2 Å². The summed E-state index contributed by atoms with van der Waals surface area (Å²) in [4.78, 5) is 0. The fourth-order valence-electron chi connectivity index (χ4n) is 2.89. The van der Waals surface area contributed by atoms with E-state index < -0.39 is 0 Å². The third kappa shape index (κ3) is 4.95. The van der Waals surface area contributed by atoms with E-state index in [0.29, 0.717) is 11.0 Å². The van der Waals surface area contributed by atoms with E-state index in [1.54, 1.807) is 7.11 Å². The quantitative estimate of drug-likeness (QED) is 0.695. The minimum atomic E-state index is 0.105. The zero-order valence-corrected chi connectivity index (χ0v) is 16.8. The van der Waals surface area contributed by atoms with Crippen LogP contribution in [0.15, 0.2) is 36.4 Å². The molecule has 0 aromatic heterocycles. The van der Waals surface area contributed by atoms with Crippen LogP contribution in [-0.2, 0) is 0 Å². The lowest BCUT2D eigenvalue weighted by Crippen LogP contribution is -2.31. The topological polar surface area (TPSA) is 33.3 Å². The van der Waals surface area contributed by atoms with E-state index in [1.165, 1.54) is 22.3 Å². The van der Waals surface area contributed by atoms with Crippen LogP contribution in [0.5, 0.6) is 5.75 Å². The van der Waals surface area contributed by atoms with Crippen molar-refractivity contribution in [1.29, 1.82) is 0 Å². The molecular weight excluding hydrogens is 328 g/mol. The lowest BCUT2D eigenvalue weighted by Gasteiger charge is -2.22. The molecule has 0 unspecified atom stereocenters. The third-order valence-corrected chi connectivity index (χ3v) is 4.58. The summed E-state index contributed by atoms with van der Waals surface area (Å²) in [6.45, 7) is 10.7. The van der Waals surface area contributed by atoms with Crippen LogP contribution in [-0.4, -0.2) is 12.2 Å². The summed E-state index contributed by atoms with van der Waals surface area (Å²) in [5, 5.41) is 7.25. The summed E-state index contributed by atoms with van der Waals surface area (Å²) in [7, 11) is 1.72. The predicted molar refractivity (Wildman–Crippen MR) is 111 cm³/mol. The first-order chi connectivity index (χ1) is 11.8. The van der Waals surface area contributed by atoms with E-state index >= 15 is 0 Å². The first-order valence-electron chi connectivity index (χ1n) is 8.64. The van der Waals surface area contributed by atoms with Crippen molar-refractivity contribution in [2.75, 3.05) is 12.4 Å². The second kappa shape index (κ2) is 8.34. The molecule has 1 atom stereocenters. The normalized spacial score (nSPS) is 12.0. The summed E-state index contributed by atoms with van der Waals surface area (Å²) in [6, 6.07) is 12.6. The van der Waals surface area contributed by atoms with Gasteiger partial charge in [0.1, 0.15) is 5.75 Å². The van der Waals surface area contributed by atoms with Gasteiger partial charge in [-0.1, -0.05) is 31.5 Å². The number of nitrogens with one attached hydrogen (secondary N) is 2. The highest BCUT2D eigenvalue weighted by molar-refractivity contribution is 7.80. The molecule has 0 saturated heterocycles. The lowest BCUT2D eigenvalue weighted by molar-refractivity contribution is 0.406. The van der Waals surface area contributed by atoms with E-state index in [9.17, 15) is 0 Å². The van der Waals surface area contributed by atoms with Gasteiger partial charge in [-0.2, -0.15) is 0 Å². The van der Waals surface area contributed by atoms with Gasteiger partial charge in [0.05, 0.1) is 13.2 Å². The summed E-state index contributed by atoms with van der Waals surface area (Å²) in [5.41, 5.74) is 5.86. The van der Waals surface area contributed by atoms with Crippen LogP contribution in [0.25, 0.3) is 0 Å². The van der Waals surface area contributed by atoms with Gasteiger partial charge in [0.25, 0.3) is 0 Å². The van der Waals surface area contributed by atoms with Crippen molar-refractivity contribution in [1.82, 2.24) is 5.32 Å². The molecule has 0 bridgehead atoms. The van der Waals surface area contributed by atoms with Crippen LogP contribution in [0.2, 0.25) is 0 Å². The summed E-state index contributed by atoms with van der Waals surface area (Å²) in [6.07, 6.45) is 0. The predicted octanol–water partition coefficient (Wildman–Crippen LogP) is 5.48. The number of ether oxygens (including phenoxy) is 1. The van der Waals surface area contributed by atoms with Gasteiger partial charge < -0.3 is 15.4 Å². The van der Waals surface area contributed by atoms with Gasteiger partial charge in [0.2, 0.25) is 0 Å². The van der Waals surface area contributed by atoms with Crippen LogP contribution in [0, 0.1) is 13.8 Å². The van der Waals surface area contributed by atoms with E-state index in [2.05, 4.69) is 69.5 Å². The maximum atomic E-state index is 5.53. The molecule has 25 heavy (non-hydrogen) atoms. The maximum Gasteiger partial charge on any atom is 0.171 e. The molecule has 134 valence electrons. The van der Waals surface area contributed by atoms with Gasteiger partial charge in [-0.15, -0.1) is 0 Å². The Kier molecular flexibility index (Phi) is 6.43. The van der Waals surface area contributed by atoms with Crippen molar-refractivity contribution >= 4 is 23.0 Å². The van der Waals surface area contributed by atoms with Crippen molar-refractivity contribution < 1.29 is 4.74 Å². The average Bonchev–Trinajstić information content (AvgIpc) is 2.56. The van der Waals surface area contributed by atoms with E-state index in [0.717, 1.165) is 11.4 Å². The molecule has 0 aliphatic heterocycles. The van der Waals surface area contributed by atoms with Gasteiger partial charge in [0, 0.05) is 5.69 Å².